The number of nitrogens with one attached hydrogen (secondary N) is 2. The average Bonchev–Trinajstić information content (AvgIpc) is 3.14. The summed E-state index contributed by atoms with van der Waals surface area (Å²) in [7, 11) is 3.46. The molecule has 0 amide bonds. The third kappa shape index (κ3) is 9.95. The van der Waals surface area contributed by atoms with Crippen molar-refractivity contribution >= 4 is 47.4 Å². The van der Waals surface area contributed by atoms with E-state index in [1.165, 1.54) is 0 Å². The molecule has 1 aromatic heterocycles. The minimum absolute atomic E-state index is 0. The Bertz CT molecular complexity index is 815. The lowest BCUT2D eigenvalue weighted by atomic mass is 10.2. The van der Waals surface area contributed by atoms with E-state index in [2.05, 4.69) is 44.2 Å². The van der Waals surface area contributed by atoms with E-state index in [1.54, 1.807) is 25.9 Å². The number of benzene rings is 1. The number of hydrogen-bond acceptors (Lipinski definition) is 6. The SMILES string of the molecule is CN=C(NCCCc1nnc(SC)n1CC(C)C)Nc1cccc(OCCCOC)c1.I. The van der Waals surface area contributed by atoms with Crippen LogP contribution in [0.5, 0.6) is 5.75 Å². The molecule has 2 rings (SSSR count). The second-order valence-corrected chi connectivity index (χ2v) is 8.33. The number of rotatable bonds is 13. The maximum absolute atomic E-state index is 5.76. The minimum atomic E-state index is 0. The zero-order valence-corrected chi connectivity index (χ0v) is 22.9. The van der Waals surface area contributed by atoms with Crippen LogP contribution in [-0.4, -0.2) is 60.9 Å². The Hall–Kier alpha value is -1.53. The summed E-state index contributed by atoms with van der Waals surface area (Å²) >= 11 is 1.64. The molecule has 1 aromatic carbocycles. The number of aromatic nitrogens is 3. The molecule has 0 aliphatic heterocycles. The summed E-state index contributed by atoms with van der Waals surface area (Å²) in [6, 6.07) is 7.88. The Labute approximate surface area is 213 Å². The van der Waals surface area contributed by atoms with Crippen molar-refractivity contribution in [3.63, 3.8) is 0 Å². The van der Waals surface area contributed by atoms with Gasteiger partial charge in [-0.05, 0) is 30.7 Å². The van der Waals surface area contributed by atoms with Crippen molar-refractivity contribution < 1.29 is 9.47 Å². The van der Waals surface area contributed by atoms with Crippen LogP contribution in [-0.2, 0) is 17.7 Å². The van der Waals surface area contributed by atoms with Gasteiger partial charge in [0.1, 0.15) is 11.6 Å². The van der Waals surface area contributed by atoms with E-state index in [1.807, 2.05) is 30.5 Å². The van der Waals surface area contributed by atoms with E-state index in [-0.39, 0.29) is 24.0 Å². The first-order chi connectivity index (χ1) is 15.1. The summed E-state index contributed by atoms with van der Waals surface area (Å²) in [5.41, 5.74) is 0.929. The third-order valence-electron chi connectivity index (χ3n) is 4.48. The van der Waals surface area contributed by atoms with Crippen LogP contribution in [0.3, 0.4) is 0 Å². The number of guanidine groups is 1. The molecule has 180 valence electrons. The van der Waals surface area contributed by atoms with Gasteiger partial charge in [0.05, 0.1) is 6.61 Å². The number of aryl methyl sites for hydroxylation is 1. The lowest BCUT2D eigenvalue weighted by Gasteiger charge is -2.14. The number of hydrogen-bond donors (Lipinski definition) is 2. The summed E-state index contributed by atoms with van der Waals surface area (Å²) in [6.45, 7) is 7.48. The summed E-state index contributed by atoms with van der Waals surface area (Å²) in [4.78, 5) is 4.32. The third-order valence-corrected chi connectivity index (χ3v) is 5.14. The first-order valence-electron chi connectivity index (χ1n) is 10.7. The number of halogens is 1. The molecule has 2 N–H and O–H groups in total. The standard InChI is InChI=1S/C22H36N6O2S.HI/c1-17(2)16-28-20(26-27-22(28)31-5)11-7-12-24-21(23-3)25-18-9-6-10-19(15-18)30-14-8-13-29-4;/h6,9-10,15,17H,7-8,11-14,16H2,1-5H3,(H2,23,24,25);1H. The highest BCUT2D eigenvalue weighted by molar-refractivity contribution is 14.0. The van der Waals surface area contributed by atoms with Crippen molar-refractivity contribution in [2.24, 2.45) is 10.9 Å². The fourth-order valence-corrected chi connectivity index (χ4v) is 3.55. The summed E-state index contributed by atoms with van der Waals surface area (Å²) in [5, 5.41) is 16.4. The largest absolute Gasteiger partial charge is 0.493 e. The molecule has 0 saturated heterocycles. The van der Waals surface area contributed by atoms with Crippen LogP contribution in [0.2, 0.25) is 0 Å². The topological polar surface area (TPSA) is 85.6 Å². The number of nitrogens with zero attached hydrogens (tertiary/aromatic N) is 4. The fourth-order valence-electron chi connectivity index (χ4n) is 3.03. The van der Waals surface area contributed by atoms with E-state index in [0.717, 1.165) is 60.7 Å². The maximum Gasteiger partial charge on any atom is 0.195 e. The van der Waals surface area contributed by atoms with Crippen LogP contribution in [0.25, 0.3) is 0 Å². The van der Waals surface area contributed by atoms with E-state index < -0.39 is 0 Å². The van der Waals surface area contributed by atoms with Crippen LogP contribution in [0.15, 0.2) is 34.4 Å². The summed E-state index contributed by atoms with van der Waals surface area (Å²) < 4.78 is 13.1. The van der Waals surface area contributed by atoms with Gasteiger partial charge in [-0.25, -0.2) is 0 Å². The average molecular weight is 577 g/mol. The predicted octanol–water partition coefficient (Wildman–Crippen LogP) is 4.31. The fraction of sp³-hybridized carbons (Fsp3) is 0.591. The second-order valence-electron chi connectivity index (χ2n) is 7.56. The molecule has 1 heterocycles. The molecule has 0 radical (unpaired) electrons. The molecule has 32 heavy (non-hydrogen) atoms. The van der Waals surface area contributed by atoms with Crippen LogP contribution in [0, 0.1) is 5.92 Å². The molecule has 0 bridgehead atoms. The Balaban J connectivity index is 0.00000512. The first-order valence-corrected chi connectivity index (χ1v) is 11.9. The Morgan fingerprint density at radius 3 is 2.72 bits per heavy atom. The Kier molecular flexibility index (Phi) is 14.4. The van der Waals surface area contributed by atoms with Crippen LogP contribution < -0.4 is 15.4 Å². The highest BCUT2D eigenvalue weighted by Crippen LogP contribution is 2.18. The van der Waals surface area contributed by atoms with Crippen molar-refractivity contribution in [1.29, 1.82) is 0 Å². The van der Waals surface area contributed by atoms with Crippen molar-refractivity contribution in [3.8, 4) is 5.75 Å². The van der Waals surface area contributed by atoms with Crippen LogP contribution in [0.1, 0.15) is 32.5 Å². The van der Waals surface area contributed by atoms with E-state index in [0.29, 0.717) is 19.1 Å². The molecule has 0 unspecified atom stereocenters. The molecule has 10 heteroatoms. The van der Waals surface area contributed by atoms with Crippen molar-refractivity contribution in [2.75, 3.05) is 45.5 Å². The molecule has 0 spiro atoms. The summed E-state index contributed by atoms with van der Waals surface area (Å²) in [6.07, 6.45) is 4.71. The van der Waals surface area contributed by atoms with Gasteiger partial charge in [0.2, 0.25) is 0 Å². The van der Waals surface area contributed by atoms with E-state index in [9.17, 15) is 0 Å². The van der Waals surface area contributed by atoms with Gasteiger partial charge in [0, 0.05) is 58.4 Å². The number of ether oxygens (including phenoxy) is 2. The van der Waals surface area contributed by atoms with E-state index >= 15 is 0 Å². The Morgan fingerprint density at radius 1 is 1.22 bits per heavy atom. The van der Waals surface area contributed by atoms with Gasteiger partial charge in [0.15, 0.2) is 11.1 Å². The first kappa shape index (κ1) is 28.5. The lowest BCUT2D eigenvalue weighted by molar-refractivity contribution is 0.172. The van der Waals surface area contributed by atoms with Gasteiger partial charge < -0.3 is 24.7 Å². The molecule has 2 aromatic rings. The van der Waals surface area contributed by atoms with E-state index in [4.69, 9.17) is 9.47 Å². The van der Waals surface area contributed by atoms with Gasteiger partial charge in [-0.15, -0.1) is 34.2 Å². The van der Waals surface area contributed by atoms with Gasteiger partial charge in [-0.1, -0.05) is 31.7 Å². The zero-order valence-electron chi connectivity index (χ0n) is 19.8. The predicted molar refractivity (Wildman–Crippen MR) is 144 cm³/mol. The molecular weight excluding hydrogens is 539 g/mol. The number of methoxy groups -OCH3 is 1. The molecule has 0 atom stereocenters. The molecule has 0 aliphatic carbocycles. The highest BCUT2D eigenvalue weighted by Gasteiger charge is 2.12. The van der Waals surface area contributed by atoms with Gasteiger partial charge in [-0.2, -0.15) is 0 Å². The van der Waals surface area contributed by atoms with Gasteiger partial charge in [-0.3, -0.25) is 4.99 Å². The Morgan fingerprint density at radius 2 is 2.03 bits per heavy atom. The smallest absolute Gasteiger partial charge is 0.195 e. The van der Waals surface area contributed by atoms with Gasteiger partial charge in [0.25, 0.3) is 0 Å². The molecule has 0 fully saturated rings. The number of aliphatic imine (C=N–C) groups is 1. The minimum Gasteiger partial charge on any atom is -0.493 e. The quantitative estimate of drug-likeness (QED) is 0.121. The summed E-state index contributed by atoms with van der Waals surface area (Å²) in [5.74, 6) is 3.15. The number of anilines is 1. The van der Waals surface area contributed by atoms with Crippen LogP contribution in [0.4, 0.5) is 5.69 Å². The highest BCUT2D eigenvalue weighted by atomic mass is 127. The van der Waals surface area contributed by atoms with Crippen molar-refractivity contribution in [3.05, 3.63) is 30.1 Å². The molecule has 0 saturated carbocycles. The molecule has 0 aliphatic rings. The van der Waals surface area contributed by atoms with Gasteiger partial charge >= 0.3 is 0 Å². The monoisotopic (exact) mass is 576 g/mol. The normalized spacial score (nSPS) is 11.4. The van der Waals surface area contributed by atoms with Crippen molar-refractivity contribution in [2.45, 2.75) is 44.8 Å². The van der Waals surface area contributed by atoms with Crippen molar-refractivity contribution in [1.82, 2.24) is 20.1 Å². The number of thioether (sulfide) groups is 1. The second kappa shape index (κ2) is 16.1. The van der Waals surface area contributed by atoms with Crippen LogP contribution >= 0.6 is 35.7 Å². The maximum atomic E-state index is 5.76. The molecular formula is C22H37IN6O2S. The zero-order chi connectivity index (χ0) is 22.5. The molecule has 8 nitrogen and oxygen atoms in total. The lowest BCUT2D eigenvalue weighted by Crippen LogP contribution is -2.31.